The van der Waals surface area contributed by atoms with E-state index in [1.807, 2.05) is 0 Å². The maximum Gasteiger partial charge on any atom is 0.280 e. The topological polar surface area (TPSA) is 136 Å². The zero-order valence-electron chi connectivity index (χ0n) is 9.68. The second-order valence-electron chi connectivity index (χ2n) is 4.27. The van der Waals surface area contributed by atoms with Crippen LogP contribution in [-0.2, 0) is 9.53 Å². The zero-order chi connectivity index (χ0) is 13.6. The van der Waals surface area contributed by atoms with Crippen LogP contribution >= 0.6 is 0 Å². The summed E-state index contributed by atoms with van der Waals surface area (Å²) in [6.45, 7) is 0. The number of nitrogens with zero attached hydrogens (tertiary/aromatic N) is 3. The number of ether oxygens (including phenoxy) is 1. The number of imidazole rings is 1. The SMILES string of the molecule is Nc1nc2c(ncn2[C@H]2C[C@H](O)[C@@H](C=O)O2)c(=O)[nH]1. The molecule has 1 aliphatic rings. The quantitative estimate of drug-likeness (QED) is 0.565. The summed E-state index contributed by atoms with van der Waals surface area (Å²) in [5.41, 5.74) is 5.41. The maximum absolute atomic E-state index is 11.6. The number of rotatable bonds is 2. The van der Waals surface area contributed by atoms with Gasteiger partial charge in [-0.3, -0.25) is 14.3 Å². The van der Waals surface area contributed by atoms with E-state index in [1.54, 1.807) is 0 Å². The summed E-state index contributed by atoms with van der Waals surface area (Å²) in [6, 6.07) is 0. The highest BCUT2D eigenvalue weighted by molar-refractivity contribution is 5.70. The lowest BCUT2D eigenvalue weighted by Crippen LogP contribution is -2.21. The molecule has 19 heavy (non-hydrogen) atoms. The molecule has 0 radical (unpaired) electrons. The van der Waals surface area contributed by atoms with Gasteiger partial charge in [-0.25, -0.2) is 4.98 Å². The molecule has 0 spiro atoms. The summed E-state index contributed by atoms with van der Waals surface area (Å²) in [7, 11) is 0. The maximum atomic E-state index is 11.6. The Labute approximate surface area is 106 Å². The number of aldehydes is 1. The van der Waals surface area contributed by atoms with Crippen LogP contribution in [0, 0.1) is 0 Å². The summed E-state index contributed by atoms with van der Waals surface area (Å²) < 4.78 is 6.85. The average molecular weight is 265 g/mol. The summed E-state index contributed by atoms with van der Waals surface area (Å²) in [5, 5.41) is 9.64. The van der Waals surface area contributed by atoms with E-state index < -0.39 is 24.0 Å². The van der Waals surface area contributed by atoms with Crippen molar-refractivity contribution in [3.05, 3.63) is 16.7 Å². The smallest absolute Gasteiger partial charge is 0.280 e. The van der Waals surface area contributed by atoms with E-state index in [4.69, 9.17) is 10.5 Å². The third-order valence-electron chi connectivity index (χ3n) is 3.03. The van der Waals surface area contributed by atoms with Gasteiger partial charge < -0.3 is 20.4 Å². The van der Waals surface area contributed by atoms with Gasteiger partial charge in [-0.2, -0.15) is 4.98 Å². The molecular weight excluding hydrogens is 254 g/mol. The Hall–Kier alpha value is -2.26. The predicted octanol–water partition coefficient (Wildman–Crippen LogP) is -1.45. The molecule has 2 aromatic heterocycles. The average Bonchev–Trinajstić information content (AvgIpc) is 2.92. The minimum Gasteiger partial charge on any atom is -0.390 e. The third-order valence-corrected chi connectivity index (χ3v) is 3.03. The molecule has 4 N–H and O–H groups in total. The van der Waals surface area contributed by atoms with E-state index in [0.29, 0.717) is 6.29 Å². The highest BCUT2D eigenvalue weighted by Gasteiger charge is 2.35. The summed E-state index contributed by atoms with van der Waals surface area (Å²) >= 11 is 0. The van der Waals surface area contributed by atoms with Crippen molar-refractivity contribution >= 4 is 23.4 Å². The van der Waals surface area contributed by atoms with E-state index >= 15 is 0 Å². The van der Waals surface area contributed by atoms with Crippen molar-refractivity contribution in [2.24, 2.45) is 0 Å². The first kappa shape index (κ1) is 11.8. The lowest BCUT2D eigenvalue weighted by molar-refractivity contribution is -0.122. The van der Waals surface area contributed by atoms with Crippen LogP contribution in [0.2, 0.25) is 0 Å². The lowest BCUT2D eigenvalue weighted by atomic mass is 10.2. The first-order chi connectivity index (χ1) is 9.10. The monoisotopic (exact) mass is 265 g/mol. The Bertz CT molecular complexity index is 693. The number of hydrogen-bond acceptors (Lipinski definition) is 7. The molecule has 0 unspecified atom stereocenters. The molecule has 9 heteroatoms. The van der Waals surface area contributed by atoms with Crippen LogP contribution in [0.4, 0.5) is 5.95 Å². The van der Waals surface area contributed by atoms with Crippen LogP contribution in [0.15, 0.2) is 11.1 Å². The molecule has 2 aromatic rings. The molecule has 0 aliphatic carbocycles. The molecule has 1 aliphatic heterocycles. The standard InChI is InChI=1S/C10H11N5O4/c11-10-13-8-7(9(18)14-10)12-3-15(8)6-1-4(17)5(2-16)19-6/h2-6,17H,1H2,(H3,11,13,14,18)/t4-,5+,6+/m0/s1. The number of aliphatic hydroxyl groups is 1. The number of carbonyl (C=O) groups excluding carboxylic acids is 1. The Morgan fingerprint density at radius 3 is 3.11 bits per heavy atom. The predicted molar refractivity (Wildman–Crippen MR) is 63.2 cm³/mol. The van der Waals surface area contributed by atoms with Gasteiger partial charge in [0.15, 0.2) is 17.5 Å². The molecule has 0 amide bonds. The van der Waals surface area contributed by atoms with Crippen LogP contribution in [0.3, 0.4) is 0 Å². The van der Waals surface area contributed by atoms with Crippen molar-refractivity contribution in [2.75, 3.05) is 5.73 Å². The normalized spacial score (nSPS) is 26.9. The van der Waals surface area contributed by atoms with Crippen LogP contribution in [-0.4, -0.2) is 43.1 Å². The van der Waals surface area contributed by atoms with Gasteiger partial charge in [0.1, 0.15) is 12.3 Å². The van der Waals surface area contributed by atoms with E-state index in [0.717, 1.165) is 0 Å². The van der Waals surface area contributed by atoms with Gasteiger partial charge in [-0.15, -0.1) is 0 Å². The fraction of sp³-hybridized carbons (Fsp3) is 0.400. The third kappa shape index (κ3) is 1.79. The number of hydrogen-bond donors (Lipinski definition) is 3. The van der Waals surface area contributed by atoms with Crippen molar-refractivity contribution < 1.29 is 14.6 Å². The molecule has 0 saturated carbocycles. The summed E-state index contributed by atoms with van der Waals surface area (Å²) in [5.74, 6) is -0.0373. The molecule has 3 atom stereocenters. The Kier molecular flexibility index (Phi) is 2.57. The van der Waals surface area contributed by atoms with E-state index in [1.165, 1.54) is 10.9 Å². The molecule has 0 bridgehead atoms. The number of nitrogens with one attached hydrogen (secondary N) is 1. The second kappa shape index (κ2) is 4.14. The van der Waals surface area contributed by atoms with Crippen molar-refractivity contribution in [3.63, 3.8) is 0 Å². The van der Waals surface area contributed by atoms with Crippen molar-refractivity contribution in [3.8, 4) is 0 Å². The Morgan fingerprint density at radius 1 is 1.63 bits per heavy atom. The van der Waals surface area contributed by atoms with Gasteiger partial charge in [-0.1, -0.05) is 0 Å². The Balaban J connectivity index is 2.07. The number of carbonyl (C=O) groups is 1. The van der Waals surface area contributed by atoms with Gasteiger partial charge >= 0.3 is 0 Å². The number of nitrogen functional groups attached to an aromatic ring is 1. The number of aromatic nitrogens is 4. The van der Waals surface area contributed by atoms with Crippen LogP contribution < -0.4 is 11.3 Å². The highest BCUT2D eigenvalue weighted by atomic mass is 16.5. The van der Waals surface area contributed by atoms with E-state index in [-0.39, 0.29) is 23.5 Å². The molecule has 0 aromatic carbocycles. The molecule has 1 saturated heterocycles. The molecule has 3 heterocycles. The van der Waals surface area contributed by atoms with Gasteiger partial charge in [0.2, 0.25) is 5.95 Å². The van der Waals surface area contributed by atoms with E-state index in [2.05, 4.69) is 15.0 Å². The molecule has 100 valence electrons. The first-order valence-electron chi connectivity index (χ1n) is 5.61. The van der Waals surface area contributed by atoms with Gasteiger partial charge in [0.05, 0.1) is 12.4 Å². The molecular formula is C10H11N5O4. The van der Waals surface area contributed by atoms with Crippen molar-refractivity contribution in [1.29, 1.82) is 0 Å². The van der Waals surface area contributed by atoms with Gasteiger partial charge in [0, 0.05) is 6.42 Å². The minimum atomic E-state index is -0.890. The summed E-state index contributed by atoms with van der Waals surface area (Å²) in [4.78, 5) is 32.6. The number of anilines is 1. The number of aromatic amines is 1. The van der Waals surface area contributed by atoms with Gasteiger partial charge in [0.25, 0.3) is 5.56 Å². The molecule has 9 nitrogen and oxygen atoms in total. The highest BCUT2D eigenvalue weighted by Crippen LogP contribution is 2.29. The fourth-order valence-electron chi connectivity index (χ4n) is 2.12. The number of H-pyrrole nitrogens is 1. The fourth-order valence-corrected chi connectivity index (χ4v) is 2.12. The number of aliphatic hydroxyl groups excluding tert-OH is 1. The Morgan fingerprint density at radius 2 is 2.42 bits per heavy atom. The molecule has 1 fully saturated rings. The minimum absolute atomic E-state index is 0.0373. The second-order valence-corrected chi connectivity index (χ2v) is 4.27. The number of nitrogens with two attached hydrogens (primary N) is 1. The van der Waals surface area contributed by atoms with Crippen molar-refractivity contribution in [1.82, 2.24) is 19.5 Å². The van der Waals surface area contributed by atoms with Crippen molar-refractivity contribution in [2.45, 2.75) is 24.9 Å². The zero-order valence-corrected chi connectivity index (χ0v) is 9.68. The van der Waals surface area contributed by atoms with Crippen LogP contribution in [0.5, 0.6) is 0 Å². The largest absolute Gasteiger partial charge is 0.390 e. The van der Waals surface area contributed by atoms with Crippen LogP contribution in [0.25, 0.3) is 11.2 Å². The van der Waals surface area contributed by atoms with E-state index in [9.17, 15) is 14.7 Å². The number of fused-ring (bicyclic) bond motifs is 1. The van der Waals surface area contributed by atoms with Gasteiger partial charge in [-0.05, 0) is 0 Å². The molecule has 3 rings (SSSR count). The van der Waals surface area contributed by atoms with Crippen LogP contribution in [0.1, 0.15) is 12.6 Å². The summed E-state index contributed by atoms with van der Waals surface area (Å²) in [6.07, 6.45) is -0.261. The lowest BCUT2D eigenvalue weighted by Gasteiger charge is -2.11. The first-order valence-corrected chi connectivity index (χ1v) is 5.61.